The summed E-state index contributed by atoms with van der Waals surface area (Å²) >= 11 is 5.10. The quantitative estimate of drug-likeness (QED) is 0.859. The van der Waals surface area contributed by atoms with Gasteiger partial charge in [-0.05, 0) is 45.8 Å². The fraction of sp³-hybridized carbons (Fsp3) is 0.429. The Kier molecular flexibility index (Phi) is 5.37. The van der Waals surface area contributed by atoms with E-state index in [0.29, 0.717) is 11.0 Å². The largest absolute Gasteiger partial charge is 0.378 e. The van der Waals surface area contributed by atoms with E-state index in [4.69, 9.17) is 0 Å². The van der Waals surface area contributed by atoms with Crippen LogP contribution in [0.1, 0.15) is 30.7 Å². The number of halogens is 1. The molecule has 0 aromatic carbocycles. The SMILES string of the molecule is CCCn1ncc(NCc2sccc2CC)c(Br)c1=O. The van der Waals surface area contributed by atoms with Crippen molar-refractivity contribution in [2.24, 2.45) is 0 Å². The molecule has 4 nitrogen and oxygen atoms in total. The Balaban J connectivity index is 2.14. The van der Waals surface area contributed by atoms with Gasteiger partial charge < -0.3 is 5.32 Å². The van der Waals surface area contributed by atoms with Gasteiger partial charge in [0.2, 0.25) is 0 Å². The second-order valence-electron chi connectivity index (χ2n) is 4.48. The molecule has 0 aliphatic rings. The number of nitrogens with one attached hydrogen (secondary N) is 1. The van der Waals surface area contributed by atoms with Crippen LogP contribution in [0.5, 0.6) is 0 Å². The van der Waals surface area contributed by atoms with Crippen LogP contribution < -0.4 is 10.9 Å². The normalized spacial score (nSPS) is 10.8. The summed E-state index contributed by atoms with van der Waals surface area (Å²) in [6.07, 6.45) is 3.62. The van der Waals surface area contributed by atoms with Crippen LogP contribution >= 0.6 is 27.3 Å². The third-order valence-electron chi connectivity index (χ3n) is 3.08. The second kappa shape index (κ2) is 7.04. The van der Waals surface area contributed by atoms with Crippen molar-refractivity contribution in [2.45, 2.75) is 39.8 Å². The number of rotatable bonds is 6. The predicted octanol–water partition coefficient (Wildman–Crippen LogP) is 3.65. The molecular weight excluding hydrogens is 338 g/mol. The zero-order valence-corrected chi connectivity index (χ0v) is 14.1. The molecule has 1 N–H and O–H groups in total. The Morgan fingerprint density at radius 1 is 1.45 bits per heavy atom. The van der Waals surface area contributed by atoms with Gasteiger partial charge in [0, 0.05) is 18.0 Å². The van der Waals surface area contributed by atoms with Gasteiger partial charge in [0.25, 0.3) is 5.56 Å². The van der Waals surface area contributed by atoms with E-state index in [1.807, 2.05) is 6.92 Å². The number of anilines is 1. The van der Waals surface area contributed by atoms with E-state index in [0.717, 1.165) is 25.1 Å². The number of hydrogen-bond acceptors (Lipinski definition) is 4. The minimum atomic E-state index is -0.0845. The minimum absolute atomic E-state index is 0.0845. The molecule has 2 aromatic heterocycles. The van der Waals surface area contributed by atoms with E-state index in [1.165, 1.54) is 15.1 Å². The number of aromatic nitrogens is 2. The summed E-state index contributed by atoms with van der Waals surface area (Å²) in [6, 6.07) is 2.15. The number of aryl methyl sites for hydroxylation is 2. The van der Waals surface area contributed by atoms with Crippen LogP contribution in [-0.2, 0) is 19.5 Å². The Bertz CT molecular complexity index is 636. The molecule has 2 rings (SSSR count). The monoisotopic (exact) mass is 355 g/mol. The molecule has 0 aliphatic heterocycles. The zero-order chi connectivity index (χ0) is 14.5. The van der Waals surface area contributed by atoms with Crippen molar-refractivity contribution in [1.29, 1.82) is 0 Å². The summed E-state index contributed by atoms with van der Waals surface area (Å²) in [5.41, 5.74) is 2.02. The van der Waals surface area contributed by atoms with Gasteiger partial charge >= 0.3 is 0 Å². The van der Waals surface area contributed by atoms with Crippen molar-refractivity contribution in [3.8, 4) is 0 Å². The second-order valence-corrected chi connectivity index (χ2v) is 6.27. The predicted molar refractivity (Wildman–Crippen MR) is 87.5 cm³/mol. The molecule has 0 atom stereocenters. The molecule has 0 aliphatic carbocycles. The van der Waals surface area contributed by atoms with Crippen LogP contribution in [0.15, 0.2) is 26.9 Å². The summed E-state index contributed by atoms with van der Waals surface area (Å²) in [5, 5.41) is 9.57. The Labute approximate surface area is 131 Å². The molecule has 20 heavy (non-hydrogen) atoms. The van der Waals surface area contributed by atoms with E-state index >= 15 is 0 Å². The van der Waals surface area contributed by atoms with Crippen molar-refractivity contribution < 1.29 is 0 Å². The molecule has 0 fully saturated rings. The highest BCUT2D eigenvalue weighted by atomic mass is 79.9. The van der Waals surface area contributed by atoms with Gasteiger partial charge in [-0.15, -0.1) is 11.3 Å². The summed E-state index contributed by atoms with van der Waals surface area (Å²) in [7, 11) is 0. The fourth-order valence-electron chi connectivity index (χ4n) is 1.97. The number of nitrogens with zero attached hydrogens (tertiary/aromatic N) is 2. The van der Waals surface area contributed by atoms with E-state index < -0.39 is 0 Å². The van der Waals surface area contributed by atoms with Gasteiger partial charge in [-0.3, -0.25) is 4.79 Å². The Morgan fingerprint density at radius 2 is 2.25 bits per heavy atom. The fourth-order valence-corrected chi connectivity index (χ4v) is 3.34. The summed E-state index contributed by atoms with van der Waals surface area (Å²) in [5.74, 6) is 0. The van der Waals surface area contributed by atoms with Crippen molar-refractivity contribution in [3.05, 3.63) is 42.9 Å². The van der Waals surface area contributed by atoms with Crippen LogP contribution in [0.25, 0.3) is 0 Å². The van der Waals surface area contributed by atoms with Gasteiger partial charge in [-0.25, -0.2) is 4.68 Å². The van der Waals surface area contributed by atoms with Crippen molar-refractivity contribution in [1.82, 2.24) is 9.78 Å². The van der Waals surface area contributed by atoms with Gasteiger partial charge in [0.1, 0.15) is 4.47 Å². The maximum atomic E-state index is 12.1. The zero-order valence-electron chi connectivity index (χ0n) is 11.6. The average Bonchev–Trinajstić information content (AvgIpc) is 2.91. The summed E-state index contributed by atoms with van der Waals surface area (Å²) in [4.78, 5) is 13.4. The van der Waals surface area contributed by atoms with Gasteiger partial charge in [0.15, 0.2) is 0 Å². The lowest BCUT2D eigenvalue weighted by molar-refractivity contribution is 0.566. The topological polar surface area (TPSA) is 46.9 Å². The van der Waals surface area contributed by atoms with Gasteiger partial charge in [-0.1, -0.05) is 13.8 Å². The third kappa shape index (κ3) is 3.30. The first-order valence-corrected chi connectivity index (χ1v) is 8.39. The first-order chi connectivity index (χ1) is 9.67. The maximum Gasteiger partial charge on any atom is 0.283 e. The molecule has 0 saturated heterocycles. The number of hydrogen-bond donors (Lipinski definition) is 1. The molecule has 0 bridgehead atoms. The first-order valence-electron chi connectivity index (χ1n) is 6.72. The first kappa shape index (κ1) is 15.3. The maximum absolute atomic E-state index is 12.1. The molecule has 6 heteroatoms. The molecule has 0 spiro atoms. The van der Waals surface area contributed by atoms with Crippen LogP contribution in [0, 0.1) is 0 Å². The molecule has 0 amide bonds. The summed E-state index contributed by atoms with van der Waals surface area (Å²) in [6.45, 7) is 5.53. The molecule has 108 valence electrons. The molecule has 0 saturated carbocycles. The lowest BCUT2D eigenvalue weighted by atomic mass is 10.2. The van der Waals surface area contributed by atoms with Gasteiger partial charge in [-0.2, -0.15) is 5.10 Å². The molecular formula is C14H18BrN3OS. The number of thiophene rings is 1. The lowest BCUT2D eigenvalue weighted by Crippen LogP contribution is -2.24. The Hall–Kier alpha value is -1.14. The molecule has 2 aromatic rings. The standard InChI is InChI=1S/C14H18BrN3OS/c1-3-6-18-14(19)13(15)11(8-17-18)16-9-12-10(4-2)5-7-20-12/h5,7-8,16H,3-4,6,9H2,1-2H3. The highest BCUT2D eigenvalue weighted by molar-refractivity contribution is 9.10. The lowest BCUT2D eigenvalue weighted by Gasteiger charge is -2.10. The van der Waals surface area contributed by atoms with E-state index in [2.05, 4.69) is 44.7 Å². The van der Waals surface area contributed by atoms with E-state index in [1.54, 1.807) is 17.5 Å². The van der Waals surface area contributed by atoms with Crippen molar-refractivity contribution in [3.63, 3.8) is 0 Å². The molecule has 0 radical (unpaired) electrons. The highest BCUT2D eigenvalue weighted by Gasteiger charge is 2.09. The highest BCUT2D eigenvalue weighted by Crippen LogP contribution is 2.21. The summed E-state index contributed by atoms with van der Waals surface area (Å²) < 4.78 is 2.04. The van der Waals surface area contributed by atoms with Crippen LogP contribution in [-0.4, -0.2) is 9.78 Å². The average molecular weight is 356 g/mol. The van der Waals surface area contributed by atoms with Gasteiger partial charge in [0.05, 0.1) is 11.9 Å². The van der Waals surface area contributed by atoms with Crippen LogP contribution in [0.2, 0.25) is 0 Å². The van der Waals surface area contributed by atoms with E-state index in [9.17, 15) is 4.79 Å². The van der Waals surface area contributed by atoms with Crippen molar-refractivity contribution >= 4 is 33.0 Å². The third-order valence-corrected chi connectivity index (χ3v) is 4.81. The Morgan fingerprint density at radius 3 is 2.95 bits per heavy atom. The van der Waals surface area contributed by atoms with E-state index in [-0.39, 0.29) is 5.56 Å². The van der Waals surface area contributed by atoms with Crippen LogP contribution in [0.4, 0.5) is 5.69 Å². The van der Waals surface area contributed by atoms with Crippen molar-refractivity contribution in [2.75, 3.05) is 5.32 Å². The smallest absolute Gasteiger partial charge is 0.283 e. The van der Waals surface area contributed by atoms with Crippen LogP contribution in [0.3, 0.4) is 0 Å². The molecule has 2 heterocycles. The minimum Gasteiger partial charge on any atom is -0.378 e. The molecule has 0 unspecified atom stereocenters.